The highest BCUT2D eigenvalue weighted by Crippen LogP contribution is 2.14. The number of anilines is 1. The molecule has 0 atom stereocenters. The molecule has 0 aliphatic carbocycles. The van der Waals surface area contributed by atoms with Crippen LogP contribution in [0.5, 0.6) is 0 Å². The highest BCUT2D eigenvalue weighted by Gasteiger charge is 2.14. The Balaban J connectivity index is 2.59. The Hall–Kier alpha value is -1.16. The molecule has 1 rings (SSSR count). The molecule has 4 N–H and O–H groups in total. The molecule has 0 amide bonds. The summed E-state index contributed by atoms with van der Waals surface area (Å²) in [4.78, 5) is 0.186. The lowest BCUT2D eigenvalue weighted by Crippen LogP contribution is -2.30. The van der Waals surface area contributed by atoms with Crippen LogP contribution in [0.1, 0.15) is 20.3 Å². The van der Waals surface area contributed by atoms with Crippen LogP contribution < -0.4 is 15.2 Å². The predicted octanol–water partition coefficient (Wildman–Crippen LogP) is 0.464. The Morgan fingerprint density at radius 2 is 1.67 bits per heavy atom. The van der Waals surface area contributed by atoms with Gasteiger partial charge in [0.1, 0.15) is 0 Å². The number of benzene rings is 1. The van der Waals surface area contributed by atoms with Gasteiger partial charge in [0.25, 0.3) is 0 Å². The van der Waals surface area contributed by atoms with Crippen LogP contribution in [0.25, 0.3) is 0 Å². The van der Waals surface area contributed by atoms with Crippen molar-refractivity contribution in [1.82, 2.24) is 4.72 Å². The third-order valence-corrected chi connectivity index (χ3v) is 5.02. The molecular weight excluding hydrogens is 314 g/mol. The lowest BCUT2D eigenvalue weighted by Gasteiger charge is -2.10. The van der Waals surface area contributed by atoms with Crippen LogP contribution >= 0.6 is 0 Å². The molecule has 0 aromatic heterocycles. The number of nitrogens with two attached hydrogens (primary N) is 1. The molecule has 1 aromatic carbocycles. The summed E-state index contributed by atoms with van der Waals surface area (Å²) in [6.07, 6.45) is 0.383. The topological polar surface area (TPSA) is 118 Å². The first kappa shape index (κ1) is 17.9. The Bertz CT molecular complexity index is 652. The zero-order chi connectivity index (χ0) is 16.1. The smallest absolute Gasteiger partial charge is 0.240 e. The molecule has 21 heavy (non-hydrogen) atoms. The fraction of sp³-hybridized carbons (Fsp3) is 0.500. The molecule has 0 spiro atoms. The first-order valence-corrected chi connectivity index (χ1v) is 9.67. The second-order valence-electron chi connectivity index (χ2n) is 4.95. The van der Waals surface area contributed by atoms with E-state index in [1.807, 2.05) is 0 Å². The van der Waals surface area contributed by atoms with Gasteiger partial charge >= 0.3 is 0 Å². The number of sulfonamides is 2. The van der Waals surface area contributed by atoms with Crippen molar-refractivity contribution in [3.8, 4) is 0 Å². The molecule has 0 unspecified atom stereocenters. The van der Waals surface area contributed by atoms with E-state index >= 15 is 0 Å². The lowest BCUT2D eigenvalue weighted by molar-refractivity contribution is 0.570. The summed E-state index contributed by atoms with van der Waals surface area (Å²) >= 11 is 0. The summed E-state index contributed by atoms with van der Waals surface area (Å²) in [5, 5.41) is 7.89. The lowest BCUT2D eigenvalue weighted by atomic mass is 10.3. The van der Waals surface area contributed by atoms with Gasteiger partial charge in [-0.3, -0.25) is 0 Å². The van der Waals surface area contributed by atoms with E-state index in [0.717, 1.165) is 0 Å². The van der Waals surface area contributed by atoms with E-state index < -0.39 is 20.0 Å². The van der Waals surface area contributed by atoms with E-state index in [1.54, 1.807) is 26.0 Å². The maximum atomic E-state index is 11.9. The van der Waals surface area contributed by atoms with E-state index in [4.69, 9.17) is 5.14 Å². The van der Waals surface area contributed by atoms with Gasteiger partial charge in [-0.05, 0) is 44.5 Å². The van der Waals surface area contributed by atoms with Crippen molar-refractivity contribution in [3.05, 3.63) is 24.3 Å². The zero-order valence-corrected chi connectivity index (χ0v) is 13.7. The normalized spacial score (nSPS) is 12.6. The summed E-state index contributed by atoms with van der Waals surface area (Å²) in [5.74, 6) is -0.0925. The average Bonchev–Trinajstić information content (AvgIpc) is 2.32. The Labute approximate surface area is 126 Å². The van der Waals surface area contributed by atoms with Crippen LogP contribution in [0.4, 0.5) is 5.69 Å². The number of primary sulfonamides is 1. The molecule has 120 valence electrons. The molecule has 0 bridgehead atoms. The fourth-order valence-corrected chi connectivity index (χ4v) is 3.43. The van der Waals surface area contributed by atoms with Gasteiger partial charge in [-0.15, -0.1) is 0 Å². The van der Waals surface area contributed by atoms with Crippen molar-refractivity contribution in [3.63, 3.8) is 0 Å². The van der Waals surface area contributed by atoms with Crippen LogP contribution in [0, 0.1) is 0 Å². The Kier molecular flexibility index (Phi) is 6.14. The van der Waals surface area contributed by atoms with Crippen molar-refractivity contribution < 1.29 is 16.8 Å². The molecule has 0 saturated carbocycles. The molecule has 0 radical (unpaired) electrons. The summed E-state index contributed by atoms with van der Waals surface area (Å²) in [5.41, 5.74) is 0.716. The SMILES string of the molecule is CC(C)NS(=O)(=O)c1ccc(NCCCS(N)(=O)=O)cc1. The van der Waals surface area contributed by atoms with E-state index in [9.17, 15) is 16.8 Å². The van der Waals surface area contributed by atoms with E-state index in [2.05, 4.69) is 10.0 Å². The summed E-state index contributed by atoms with van der Waals surface area (Å²) in [7, 11) is -6.94. The third kappa shape index (κ3) is 6.89. The Morgan fingerprint density at radius 3 is 2.14 bits per heavy atom. The molecule has 0 aliphatic rings. The van der Waals surface area contributed by atoms with Crippen LogP contribution in [-0.2, 0) is 20.0 Å². The number of nitrogens with one attached hydrogen (secondary N) is 2. The van der Waals surface area contributed by atoms with Gasteiger partial charge in [0, 0.05) is 18.3 Å². The standard InChI is InChI=1S/C12H21N3O4S2/c1-10(2)15-21(18,19)12-6-4-11(5-7-12)14-8-3-9-20(13,16)17/h4-7,10,14-15H,3,8-9H2,1-2H3,(H2,13,16,17). The van der Waals surface area contributed by atoms with Gasteiger partial charge in [0.05, 0.1) is 10.6 Å². The third-order valence-electron chi connectivity index (χ3n) is 2.49. The zero-order valence-electron chi connectivity index (χ0n) is 12.0. The van der Waals surface area contributed by atoms with Gasteiger partial charge in [-0.25, -0.2) is 26.7 Å². The second-order valence-corrected chi connectivity index (χ2v) is 8.40. The second kappa shape index (κ2) is 7.21. The van der Waals surface area contributed by atoms with Crippen LogP contribution in [-0.4, -0.2) is 35.2 Å². The average molecular weight is 335 g/mol. The molecule has 0 fully saturated rings. The minimum absolute atomic E-state index is 0.0925. The highest BCUT2D eigenvalue weighted by atomic mass is 32.2. The van der Waals surface area contributed by atoms with Crippen molar-refractivity contribution in [2.24, 2.45) is 5.14 Å². The maximum Gasteiger partial charge on any atom is 0.240 e. The Morgan fingerprint density at radius 1 is 1.10 bits per heavy atom. The highest BCUT2D eigenvalue weighted by molar-refractivity contribution is 7.89. The molecule has 1 aromatic rings. The predicted molar refractivity (Wildman–Crippen MR) is 83.0 cm³/mol. The maximum absolute atomic E-state index is 11.9. The number of hydrogen-bond acceptors (Lipinski definition) is 5. The van der Waals surface area contributed by atoms with E-state index in [-0.39, 0.29) is 16.7 Å². The summed E-state index contributed by atoms with van der Waals surface area (Å²) in [6, 6.07) is 6.07. The van der Waals surface area contributed by atoms with Crippen molar-refractivity contribution in [2.75, 3.05) is 17.6 Å². The van der Waals surface area contributed by atoms with Crippen molar-refractivity contribution in [2.45, 2.75) is 31.2 Å². The summed E-state index contributed by atoms with van der Waals surface area (Å²) < 4.78 is 47.8. The first-order chi connectivity index (χ1) is 9.60. The van der Waals surface area contributed by atoms with E-state index in [0.29, 0.717) is 18.7 Å². The monoisotopic (exact) mass is 335 g/mol. The molecule has 9 heteroatoms. The van der Waals surface area contributed by atoms with Gasteiger partial charge in [0.2, 0.25) is 20.0 Å². The van der Waals surface area contributed by atoms with Gasteiger partial charge in [0.15, 0.2) is 0 Å². The minimum Gasteiger partial charge on any atom is -0.385 e. The molecular formula is C12H21N3O4S2. The van der Waals surface area contributed by atoms with Gasteiger partial charge < -0.3 is 5.32 Å². The minimum atomic E-state index is -3.49. The first-order valence-electron chi connectivity index (χ1n) is 6.47. The number of rotatable bonds is 8. The largest absolute Gasteiger partial charge is 0.385 e. The number of hydrogen-bond donors (Lipinski definition) is 3. The summed E-state index contributed by atoms with van der Waals surface area (Å²) in [6.45, 7) is 3.94. The van der Waals surface area contributed by atoms with Crippen molar-refractivity contribution >= 4 is 25.7 Å². The van der Waals surface area contributed by atoms with Crippen molar-refractivity contribution in [1.29, 1.82) is 0 Å². The molecule has 0 aliphatic heterocycles. The molecule has 0 heterocycles. The van der Waals surface area contributed by atoms with Crippen LogP contribution in [0.2, 0.25) is 0 Å². The molecule has 0 saturated heterocycles. The van der Waals surface area contributed by atoms with E-state index in [1.165, 1.54) is 12.1 Å². The fourth-order valence-electron chi connectivity index (χ4n) is 1.64. The quantitative estimate of drug-likeness (QED) is 0.597. The van der Waals surface area contributed by atoms with Crippen LogP contribution in [0.15, 0.2) is 29.2 Å². The van der Waals surface area contributed by atoms with Gasteiger partial charge in [-0.1, -0.05) is 0 Å². The van der Waals surface area contributed by atoms with Gasteiger partial charge in [-0.2, -0.15) is 0 Å². The van der Waals surface area contributed by atoms with Crippen LogP contribution in [0.3, 0.4) is 0 Å². The molecule has 7 nitrogen and oxygen atoms in total.